The van der Waals surface area contributed by atoms with Crippen LogP contribution in [0.2, 0.25) is 5.02 Å². The predicted octanol–water partition coefficient (Wildman–Crippen LogP) is 3.15. The molecule has 168 valence electrons. The van der Waals surface area contributed by atoms with Crippen LogP contribution >= 0.6 is 11.6 Å². The molecule has 3 rings (SSSR count). The summed E-state index contributed by atoms with van der Waals surface area (Å²) in [6.07, 6.45) is 0. The molecule has 1 aliphatic heterocycles. The highest BCUT2D eigenvalue weighted by Crippen LogP contribution is 2.47. The van der Waals surface area contributed by atoms with Crippen molar-refractivity contribution in [3.05, 3.63) is 91.9 Å². The van der Waals surface area contributed by atoms with Gasteiger partial charge in [-0.1, -0.05) is 48.0 Å². The topological polar surface area (TPSA) is 149 Å². The maximum atomic E-state index is 13.0. The van der Waals surface area contributed by atoms with Gasteiger partial charge >= 0.3 is 11.9 Å². The Morgan fingerprint density at radius 3 is 2.30 bits per heavy atom. The summed E-state index contributed by atoms with van der Waals surface area (Å²) in [5.41, 5.74) is 5.11. The highest BCUT2D eigenvalue weighted by molar-refractivity contribution is 6.34. The third kappa shape index (κ3) is 3.97. The molecule has 1 heterocycles. The van der Waals surface area contributed by atoms with E-state index in [-0.39, 0.29) is 27.7 Å². The van der Waals surface area contributed by atoms with Crippen molar-refractivity contribution in [1.29, 1.82) is 5.26 Å². The number of methoxy groups -OCH3 is 2. The molecule has 1 atom stereocenters. The summed E-state index contributed by atoms with van der Waals surface area (Å²) in [5.74, 6) is -3.42. The zero-order valence-corrected chi connectivity index (χ0v) is 18.2. The molecule has 2 aromatic rings. The molecular weight excluding hydrogens is 452 g/mol. The summed E-state index contributed by atoms with van der Waals surface area (Å²) in [6, 6.07) is 14.2. The first-order chi connectivity index (χ1) is 15.8. The molecule has 2 aromatic carbocycles. The van der Waals surface area contributed by atoms with Gasteiger partial charge in [0.15, 0.2) is 0 Å². The first-order valence-corrected chi connectivity index (χ1v) is 9.74. The van der Waals surface area contributed by atoms with Gasteiger partial charge in [0.25, 0.3) is 5.69 Å². The Labute approximate surface area is 193 Å². The van der Waals surface area contributed by atoms with Crippen LogP contribution in [0.15, 0.2) is 71.2 Å². The quantitative estimate of drug-likeness (QED) is 0.396. The fourth-order valence-corrected chi connectivity index (χ4v) is 3.87. The first kappa shape index (κ1) is 23.3. The van der Waals surface area contributed by atoms with Crippen LogP contribution < -0.4 is 10.6 Å². The number of nitro benzene ring substituents is 1. The van der Waals surface area contributed by atoms with Gasteiger partial charge in [-0.25, -0.2) is 9.59 Å². The number of allylic oxidation sites excluding steroid dienone is 1. The van der Waals surface area contributed by atoms with Crippen molar-refractivity contribution in [3.63, 3.8) is 0 Å². The molecule has 0 spiro atoms. The lowest BCUT2D eigenvalue weighted by Crippen LogP contribution is -2.41. The molecule has 2 N–H and O–H groups in total. The van der Waals surface area contributed by atoms with Crippen LogP contribution in [0.4, 0.5) is 11.4 Å². The third-order valence-corrected chi connectivity index (χ3v) is 5.30. The smallest absolute Gasteiger partial charge is 0.355 e. The summed E-state index contributed by atoms with van der Waals surface area (Å²) >= 11 is 6.29. The zero-order valence-electron chi connectivity index (χ0n) is 17.4. The number of ether oxygens (including phenoxy) is 2. The fraction of sp³-hybridized carbons (Fsp3) is 0.136. The number of esters is 2. The molecule has 0 radical (unpaired) electrons. The van der Waals surface area contributed by atoms with Crippen LogP contribution in [0.3, 0.4) is 0 Å². The van der Waals surface area contributed by atoms with Gasteiger partial charge in [-0.05, 0) is 11.6 Å². The fourth-order valence-electron chi connectivity index (χ4n) is 3.62. The van der Waals surface area contributed by atoms with Crippen molar-refractivity contribution >= 4 is 34.9 Å². The average molecular weight is 469 g/mol. The van der Waals surface area contributed by atoms with Gasteiger partial charge in [0.05, 0.1) is 47.3 Å². The molecular formula is C22H17ClN4O6. The third-order valence-electron chi connectivity index (χ3n) is 5.00. The maximum absolute atomic E-state index is 13.0. The van der Waals surface area contributed by atoms with E-state index in [2.05, 4.69) is 0 Å². The number of carbonyl (C=O) groups excluding carboxylic acids is 2. The molecule has 1 unspecified atom stereocenters. The SMILES string of the molecule is COC(=O)C1=C(C(=O)OC)N(c2c(Cl)cccc2[N+](=O)[O-])C(N)=C(C#N)C1c1ccccc1. The highest BCUT2D eigenvalue weighted by Gasteiger charge is 2.45. The summed E-state index contributed by atoms with van der Waals surface area (Å²) in [6.45, 7) is 0. The molecule has 0 amide bonds. The molecule has 0 aromatic heterocycles. The van der Waals surface area contributed by atoms with E-state index in [1.165, 1.54) is 12.1 Å². The number of anilines is 1. The van der Waals surface area contributed by atoms with E-state index < -0.39 is 34.2 Å². The molecule has 10 nitrogen and oxygen atoms in total. The summed E-state index contributed by atoms with van der Waals surface area (Å²) in [7, 11) is 2.17. The Balaban J connectivity index is 2.51. The normalized spacial score (nSPS) is 15.7. The van der Waals surface area contributed by atoms with Crippen LogP contribution in [-0.2, 0) is 19.1 Å². The standard InChI is InChI=1S/C22H17ClN4O6/c1-32-21(28)17-16(12-7-4-3-5-8-12)13(11-24)20(25)26(19(17)22(29)33-2)18-14(23)9-6-10-15(18)27(30)31/h3-10,16H,25H2,1-2H3. The number of rotatable bonds is 5. The minimum absolute atomic E-state index is 0.136. The summed E-state index contributed by atoms with van der Waals surface area (Å²) in [4.78, 5) is 37.9. The molecule has 0 fully saturated rings. The van der Waals surface area contributed by atoms with Crippen LogP contribution in [0, 0.1) is 21.4 Å². The number of para-hydroxylation sites is 1. The minimum Gasteiger partial charge on any atom is -0.466 e. The van der Waals surface area contributed by atoms with Crippen LogP contribution in [-0.4, -0.2) is 31.1 Å². The second-order valence-electron chi connectivity index (χ2n) is 6.70. The van der Waals surface area contributed by atoms with E-state index in [1.807, 2.05) is 6.07 Å². The first-order valence-electron chi connectivity index (χ1n) is 9.36. The van der Waals surface area contributed by atoms with Gasteiger partial charge in [-0.3, -0.25) is 15.0 Å². The Morgan fingerprint density at radius 2 is 1.76 bits per heavy atom. The monoisotopic (exact) mass is 468 g/mol. The predicted molar refractivity (Wildman–Crippen MR) is 118 cm³/mol. The van der Waals surface area contributed by atoms with Gasteiger partial charge in [0, 0.05) is 6.07 Å². The molecule has 0 saturated heterocycles. The number of hydrogen-bond acceptors (Lipinski definition) is 9. The highest BCUT2D eigenvalue weighted by atomic mass is 35.5. The van der Waals surface area contributed by atoms with E-state index >= 15 is 0 Å². The molecule has 33 heavy (non-hydrogen) atoms. The number of carbonyl (C=O) groups is 2. The number of nitrogens with two attached hydrogens (primary N) is 1. The summed E-state index contributed by atoms with van der Waals surface area (Å²) < 4.78 is 9.80. The number of halogens is 1. The average Bonchev–Trinajstić information content (AvgIpc) is 2.82. The van der Waals surface area contributed by atoms with Crippen molar-refractivity contribution in [1.82, 2.24) is 0 Å². The lowest BCUT2D eigenvalue weighted by atomic mass is 9.81. The lowest BCUT2D eigenvalue weighted by molar-refractivity contribution is -0.384. The number of nitro groups is 1. The largest absolute Gasteiger partial charge is 0.466 e. The Kier molecular flexibility index (Phi) is 6.65. The van der Waals surface area contributed by atoms with Crippen molar-refractivity contribution in [2.24, 2.45) is 5.73 Å². The van der Waals surface area contributed by atoms with Crippen molar-refractivity contribution in [3.8, 4) is 6.07 Å². The van der Waals surface area contributed by atoms with Gasteiger partial charge in [0.1, 0.15) is 17.2 Å². The zero-order chi connectivity index (χ0) is 24.3. The van der Waals surface area contributed by atoms with Crippen molar-refractivity contribution in [2.45, 2.75) is 5.92 Å². The number of nitrogens with zero attached hydrogens (tertiary/aromatic N) is 3. The van der Waals surface area contributed by atoms with E-state index in [0.717, 1.165) is 25.2 Å². The van der Waals surface area contributed by atoms with Crippen LogP contribution in [0.5, 0.6) is 0 Å². The van der Waals surface area contributed by atoms with E-state index in [4.69, 9.17) is 26.8 Å². The maximum Gasteiger partial charge on any atom is 0.355 e. The molecule has 0 saturated carbocycles. The second-order valence-corrected chi connectivity index (χ2v) is 7.11. The van der Waals surface area contributed by atoms with Crippen molar-refractivity contribution < 1.29 is 24.0 Å². The molecule has 11 heteroatoms. The molecule has 0 aliphatic carbocycles. The van der Waals surface area contributed by atoms with Crippen LogP contribution in [0.1, 0.15) is 11.5 Å². The van der Waals surface area contributed by atoms with E-state index in [1.54, 1.807) is 30.3 Å². The van der Waals surface area contributed by atoms with Gasteiger partial charge in [0.2, 0.25) is 0 Å². The van der Waals surface area contributed by atoms with Gasteiger partial charge in [-0.2, -0.15) is 5.26 Å². The molecule has 1 aliphatic rings. The Bertz CT molecular complexity index is 1250. The number of hydrogen-bond donors (Lipinski definition) is 1. The Hall–Kier alpha value is -4.36. The van der Waals surface area contributed by atoms with Gasteiger partial charge in [-0.15, -0.1) is 0 Å². The van der Waals surface area contributed by atoms with Crippen LogP contribution in [0.25, 0.3) is 0 Å². The number of nitriles is 1. The van der Waals surface area contributed by atoms with Crippen molar-refractivity contribution in [2.75, 3.05) is 19.1 Å². The second kappa shape index (κ2) is 9.42. The summed E-state index contributed by atoms with van der Waals surface area (Å²) in [5, 5.41) is 21.6. The Morgan fingerprint density at radius 1 is 1.12 bits per heavy atom. The van der Waals surface area contributed by atoms with E-state index in [9.17, 15) is 25.0 Å². The molecule has 0 bridgehead atoms. The number of benzene rings is 2. The van der Waals surface area contributed by atoms with Gasteiger partial charge < -0.3 is 15.2 Å². The van der Waals surface area contributed by atoms with E-state index in [0.29, 0.717) is 5.56 Å². The minimum atomic E-state index is -1.10. The lowest BCUT2D eigenvalue weighted by Gasteiger charge is -2.35.